The molecular weight excluding hydrogens is 436 g/mol. The maximum absolute atomic E-state index is 10.9. The molecule has 34 heavy (non-hydrogen) atoms. The zero-order valence-electron chi connectivity index (χ0n) is 19.2. The molecule has 2 unspecified atom stereocenters. The molecule has 2 saturated heterocycles. The van der Waals surface area contributed by atoms with Crippen LogP contribution in [0.2, 0.25) is 0 Å². The zero-order chi connectivity index (χ0) is 24.0. The van der Waals surface area contributed by atoms with Crippen LogP contribution in [0, 0.1) is 0 Å². The van der Waals surface area contributed by atoms with Gasteiger partial charge < -0.3 is 35.5 Å². The normalized spacial score (nSPS) is 27.9. The van der Waals surface area contributed by atoms with Crippen LogP contribution in [0.1, 0.15) is 50.0 Å². The number of aliphatic hydroxyl groups is 4. The summed E-state index contributed by atoms with van der Waals surface area (Å²) in [6.45, 7) is 3.37. The largest absolute Gasteiger partial charge is 0.507 e. The molecule has 0 bridgehead atoms. The third kappa shape index (κ3) is 3.84. The summed E-state index contributed by atoms with van der Waals surface area (Å²) in [5.74, 6) is -1.82. The van der Waals surface area contributed by atoms with E-state index in [1.807, 2.05) is 0 Å². The van der Waals surface area contributed by atoms with E-state index in [-0.39, 0.29) is 39.7 Å². The second kappa shape index (κ2) is 9.00. The van der Waals surface area contributed by atoms with E-state index in [1.54, 1.807) is 24.3 Å². The summed E-state index contributed by atoms with van der Waals surface area (Å²) in [6, 6.07) is 3.11. The number of phenolic OH excluding ortho intramolecular Hbond substituents is 2. The van der Waals surface area contributed by atoms with Gasteiger partial charge in [0.2, 0.25) is 5.71 Å². The Bertz CT molecular complexity index is 1050. The quantitative estimate of drug-likeness (QED) is 0.368. The van der Waals surface area contributed by atoms with Crippen LogP contribution in [0.3, 0.4) is 0 Å². The van der Waals surface area contributed by atoms with Crippen LogP contribution >= 0.6 is 0 Å². The van der Waals surface area contributed by atoms with Crippen LogP contribution in [0.15, 0.2) is 46.9 Å². The molecule has 6 N–H and O–H groups in total. The number of aliphatic hydroxyl groups excluding tert-OH is 4. The maximum atomic E-state index is 10.9. The van der Waals surface area contributed by atoms with E-state index in [4.69, 9.17) is 0 Å². The summed E-state index contributed by atoms with van der Waals surface area (Å²) in [7, 11) is 0. The van der Waals surface area contributed by atoms with Gasteiger partial charge in [-0.15, -0.1) is 0 Å². The molecule has 182 valence electrons. The molecule has 1 aromatic rings. The Morgan fingerprint density at radius 3 is 1.82 bits per heavy atom. The first-order valence-electron chi connectivity index (χ1n) is 12.2. The highest BCUT2D eigenvalue weighted by atomic mass is 16.3. The van der Waals surface area contributed by atoms with Crippen molar-refractivity contribution in [2.24, 2.45) is 0 Å². The average molecular weight is 470 g/mol. The third-order valence-corrected chi connectivity index (χ3v) is 7.58. The van der Waals surface area contributed by atoms with Crippen LogP contribution < -0.4 is 4.90 Å². The number of allylic oxidation sites excluding steroid dienone is 2. The Morgan fingerprint density at radius 1 is 0.735 bits per heavy atom. The van der Waals surface area contributed by atoms with Crippen LogP contribution in [0.4, 0.5) is 5.69 Å². The summed E-state index contributed by atoms with van der Waals surface area (Å²) in [5.41, 5.74) is 1.54. The van der Waals surface area contributed by atoms with Crippen molar-refractivity contribution in [1.29, 1.82) is 0 Å². The van der Waals surface area contributed by atoms with E-state index >= 15 is 0 Å². The molecule has 3 fully saturated rings. The highest BCUT2D eigenvalue weighted by Gasteiger charge is 2.50. The van der Waals surface area contributed by atoms with Crippen molar-refractivity contribution in [1.82, 2.24) is 0 Å². The number of piperidine rings is 2. The highest BCUT2D eigenvalue weighted by molar-refractivity contribution is 6.03. The Balaban J connectivity index is 1.44. The lowest BCUT2D eigenvalue weighted by atomic mass is 9.67. The van der Waals surface area contributed by atoms with Crippen LogP contribution in [0.5, 0.6) is 11.5 Å². The lowest BCUT2D eigenvalue weighted by Gasteiger charge is -2.43. The molecule has 5 rings (SSSR count). The molecule has 1 saturated carbocycles. The Labute approximate surface area is 198 Å². The Kier molecular flexibility index (Phi) is 6.04. The van der Waals surface area contributed by atoms with Gasteiger partial charge >= 0.3 is 0 Å². The van der Waals surface area contributed by atoms with Gasteiger partial charge in [-0.05, 0) is 25.7 Å². The molecule has 2 aliphatic carbocycles. The fourth-order valence-electron chi connectivity index (χ4n) is 5.74. The Morgan fingerprint density at radius 2 is 1.26 bits per heavy atom. The van der Waals surface area contributed by atoms with Gasteiger partial charge in [-0.3, -0.25) is 0 Å². The minimum atomic E-state index is -1.29. The first kappa shape index (κ1) is 22.8. The SMILES string of the molecule is OC1=CC(=[N+]2CCCCC2)C=C(O)C1=C1C(O)C(c2c(O)cc(N3CCCCC3)cc2O)C1O. The molecule has 2 aliphatic heterocycles. The number of benzene rings is 1. The predicted octanol–water partition coefficient (Wildman–Crippen LogP) is 2.74. The van der Waals surface area contributed by atoms with Crippen molar-refractivity contribution in [3.05, 3.63) is 52.5 Å². The van der Waals surface area contributed by atoms with E-state index in [0.717, 1.165) is 64.7 Å². The van der Waals surface area contributed by atoms with Crippen molar-refractivity contribution >= 4 is 11.4 Å². The summed E-state index contributed by atoms with van der Waals surface area (Å²) >= 11 is 0. The van der Waals surface area contributed by atoms with Crippen molar-refractivity contribution in [3.63, 3.8) is 0 Å². The number of anilines is 1. The molecule has 0 aromatic heterocycles. The van der Waals surface area contributed by atoms with Crippen LogP contribution in [-0.4, -0.2) is 79.3 Å². The van der Waals surface area contributed by atoms with Crippen LogP contribution in [0.25, 0.3) is 0 Å². The molecule has 4 aliphatic rings. The molecule has 1 aromatic carbocycles. The summed E-state index contributed by atoms with van der Waals surface area (Å²) in [5, 5.41) is 64.6. The Hall–Kier alpha value is -2.97. The van der Waals surface area contributed by atoms with Gasteiger partial charge in [0.1, 0.15) is 36.1 Å². The molecule has 2 heterocycles. The molecule has 0 amide bonds. The van der Waals surface area contributed by atoms with Gasteiger partial charge in [0.15, 0.2) is 0 Å². The van der Waals surface area contributed by atoms with Crippen molar-refractivity contribution in [2.75, 3.05) is 31.1 Å². The van der Waals surface area contributed by atoms with E-state index < -0.39 is 18.1 Å². The molecule has 2 atom stereocenters. The zero-order valence-corrected chi connectivity index (χ0v) is 19.2. The minimum Gasteiger partial charge on any atom is -0.507 e. The third-order valence-electron chi connectivity index (χ3n) is 7.58. The second-order valence-electron chi connectivity index (χ2n) is 9.72. The van der Waals surface area contributed by atoms with Crippen molar-refractivity contribution < 1.29 is 35.2 Å². The lowest BCUT2D eigenvalue weighted by molar-refractivity contribution is -0.536. The molecular formula is C26H33N2O6+. The first-order chi connectivity index (χ1) is 16.4. The smallest absolute Gasteiger partial charge is 0.207 e. The molecule has 0 spiro atoms. The average Bonchev–Trinajstić information content (AvgIpc) is 2.84. The van der Waals surface area contributed by atoms with E-state index in [0.29, 0.717) is 11.4 Å². The number of hydrogen-bond donors (Lipinski definition) is 6. The number of hydrogen-bond acceptors (Lipinski definition) is 7. The highest BCUT2D eigenvalue weighted by Crippen LogP contribution is 2.51. The van der Waals surface area contributed by atoms with E-state index in [9.17, 15) is 30.6 Å². The van der Waals surface area contributed by atoms with Crippen molar-refractivity contribution in [3.8, 4) is 11.5 Å². The molecule has 0 radical (unpaired) electrons. The standard InChI is InChI=1S/C26H32N2O6/c29-17-11-15(27-7-3-1-4-8-27)12-18(30)21(17)23-25(33)24(26(23)34)22-19(31)13-16(14-20(22)32)28-9-5-2-6-10-28/h11-14,23,25-26,33-34H,1-10H2,(H3,29,30,31,32)/p+1. The fourth-order valence-corrected chi connectivity index (χ4v) is 5.74. The number of phenols is 2. The summed E-state index contributed by atoms with van der Waals surface area (Å²) < 4.78 is 2.09. The summed E-state index contributed by atoms with van der Waals surface area (Å²) in [4.78, 5) is 2.10. The van der Waals surface area contributed by atoms with Crippen LogP contribution in [-0.2, 0) is 0 Å². The van der Waals surface area contributed by atoms with Crippen molar-refractivity contribution in [2.45, 2.75) is 56.7 Å². The monoisotopic (exact) mass is 469 g/mol. The van der Waals surface area contributed by atoms with E-state index in [1.165, 1.54) is 0 Å². The number of nitrogens with zero attached hydrogens (tertiary/aromatic N) is 2. The lowest BCUT2D eigenvalue weighted by Crippen LogP contribution is -2.48. The van der Waals surface area contributed by atoms with Gasteiger partial charge in [0, 0.05) is 54.9 Å². The fraction of sp³-hybridized carbons (Fsp3) is 0.500. The van der Waals surface area contributed by atoms with E-state index in [2.05, 4.69) is 9.48 Å². The number of aromatic hydroxyl groups is 2. The first-order valence-corrected chi connectivity index (χ1v) is 12.2. The van der Waals surface area contributed by atoms with Gasteiger partial charge in [0.25, 0.3) is 0 Å². The van der Waals surface area contributed by atoms with Gasteiger partial charge in [-0.1, -0.05) is 0 Å². The second-order valence-corrected chi connectivity index (χ2v) is 9.72. The molecule has 8 nitrogen and oxygen atoms in total. The number of rotatable bonds is 2. The van der Waals surface area contributed by atoms with Gasteiger partial charge in [-0.2, -0.15) is 0 Å². The van der Waals surface area contributed by atoms with Gasteiger partial charge in [-0.25, -0.2) is 4.58 Å². The minimum absolute atomic E-state index is 0.000857. The topological polar surface area (TPSA) is 128 Å². The summed E-state index contributed by atoms with van der Waals surface area (Å²) in [6.07, 6.45) is 7.01. The van der Waals surface area contributed by atoms with Gasteiger partial charge in [0.05, 0.1) is 35.9 Å². The maximum Gasteiger partial charge on any atom is 0.207 e. The predicted molar refractivity (Wildman–Crippen MR) is 128 cm³/mol. The molecule has 8 heteroatoms.